The van der Waals surface area contributed by atoms with Crippen LogP contribution in [0.2, 0.25) is 0 Å². The van der Waals surface area contributed by atoms with Gasteiger partial charge in [0, 0.05) is 22.6 Å². The predicted octanol–water partition coefficient (Wildman–Crippen LogP) is 4.68. The molecule has 19 heavy (non-hydrogen) atoms. The van der Waals surface area contributed by atoms with Gasteiger partial charge in [-0.2, -0.15) is 0 Å². The molecule has 1 N–H and O–H groups in total. The fourth-order valence-electron chi connectivity index (χ4n) is 2.84. The van der Waals surface area contributed by atoms with Crippen LogP contribution >= 0.6 is 11.8 Å². The van der Waals surface area contributed by atoms with Gasteiger partial charge in [-0.1, -0.05) is 45.4 Å². The summed E-state index contributed by atoms with van der Waals surface area (Å²) in [5, 5.41) is 3.80. The highest BCUT2D eigenvalue weighted by Crippen LogP contribution is 2.42. The first-order valence-corrected chi connectivity index (χ1v) is 8.69. The van der Waals surface area contributed by atoms with Crippen molar-refractivity contribution < 1.29 is 0 Å². The van der Waals surface area contributed by atoms with E-state index in [1.807, 2.05) is 11.8 Å². The van der Waals surface area contributed by atoms with Gasteiger partial charge >= 0.3 is 0 Å². The summed E-state index contributed by atoms with van der Waals surface area (Å²) in [7, 11) is 0. The molecule has 1 nitrogen and oxygen atoms in total. The molecule has 1 aliphatic heterocycles. The summed E-state index contributed by atoms with van der Waals surface area (Å²) in [5.41, 5.74) is 1.57. The molecule has 0 spiro atoms. The van der Waals surface area contributed by atoms with Crippen molar-refractivity contribution in [3.63, 3.8) is 0 Å². The van der Waals surface area contributed by atoms with Crippen LogP contribution in [0.25, 0.3) is 0 Å². The van der Waals surface area contributed by atoms with Crippen molar-refractivity contribution >= 4 is 11.8 Å². The van der Waals surface area contributed by atoms with Gasteiger partial charge in [-0.05, 0) is 36.9 Å². The molecule has 0 aromatic heterocycles. The van der Waals surface area contributed by atoms with Crippen molar-refractivity contribution in [3.8, 4) is 0 Å². The van der Waals surface area contributed by atoms with Gasteiger partial charge in [-0.15, -0.1) is 11.8 Å². The maximum absolute atomic E-state index is 3.80. The Hall–Kier alpha value is -0.470. The standard InChI is InChI=1S/C17H27NS/c1-4-10-18-16(11-13(3)5-2)15-12-19-17-9-7-6-8-14(15)17/h6-9,13,15-16,18H,4-5,10-12H2,1-3H3. The summed E-state index contributed by atoms with van der Waals surface area (Å²) in [6.45, 7) is 8.09. The van der Waals surface area contributed by atoms with E-state index in [-0.39, 0.29) is 0 Å². The molecule has 106 valence electrons. The van der Waals surface area contributed by atoms with Crippen molar-refractivity contribution in [2.45, 2.75) is 56.9 Å². The molecule has 0 saturated heterocycles. The third kappa shape index (κ3) is 3.76. The van der Waals surface area contributed by atoms with E-state index in [0.717, 1.165) is 12.5 Å². The molecule has 1 aliphatic rings. The monoisotopic (exact) mass is 277 g/mol. The van der Waals surface area contributed by atoms with Crippen LogP contribution in [-0.4, -0.2) is 18.3 Å². The number of benzene rings is 1. The van der Waals surface area contributed by atoms with Gasteiger partial charge in [0.25, 0.3) is 0 Å². The zero-order valence-corrected chi connectivity index (χ0v) is 13.3. The maximum atomic E-state index is 3.80. The Morgan fingerprint density at radius 1 is 1.32 bits per heavy atom. The first-order chi connectivity index (χ1) is 9.26. The van der Waals surface area contributed by atoms with Crippen LogP contribution in [0.1, 0.15) is 51.5 Å². The number of thioether (sulfide) groups is 1. The van der Waals surface area contributed by atoms with Gasteiger partial charge in [-0.25, -0.2) is 0 Å². The van der Waals surface area contributed by atoms with Crippen molar-refractivity contribution in [1.82, 2.24) is 5.32 Å². The van der Waals surface area contributed by atoms with Crippen LogP contribution in [0.4, 0.5) is 0 Å². The summed E-state index contributed by atoms with van der Waals surface area (Å²) in [5.74, 6) is 2.76. The predicted molar refractivity (Wildman–Crippen MR) is 86.1 cm³/mol. The first-order valence-electron chi connectivity index (χ1n) is 7.71. The Labute approximate surface area is 122 Å². The van der Waals surface area contributed by atoms with E-state index in [0.29, 0.717) is 12.0 Å². The number of nitrogens with one attached hydrogen (secondary N) is 1. The highest BCUT2D eigenvalue weighted by molar-refractivity contribution is 7.99. The zero-order valence-electron chi connectivity index (χ0n) is 12.5. The highest BCUT2D eigenvalue weighted by Gasteiger charge is 2.30. The molecule has 3 atom stereocenters. The summed E-state index contributed by atoms with van der Waals surface area (Å²) in [6.07, 6.45) is 3.81. The van der Waals surface area contributed by atoms with Gasteiger partial charge in [-0.3, -0.25) is 0 Å². The smallest absolute Gasteiger partial charge is 0.0147 e. The summed E-state index contributed by atoms with van der Waals surface area (Å²) in [4.78, 5) is 1.50. The minimum Gasteiger partial charge on any atom is -0.313 e. The highest BCUT2D eigenvalue weighted by atomic mass is 32.2. The Morgan fingerprint density at radius 2 is 2.11 bits per heavy atom. The van der Waals surface area contributed by atoms with E-state index in [1.165, 1.54) is 29.9 Å². The van der Waals surface area contributed by atoms with Crippen LogP contribution in [0.15, 0.2) is 29.2 Å². The molecule has 0 saturated carbocycles. The van der Waals surface area contributed by atoms with Crippen LogP contribution in [0.5, 0.6) is 0 Å². The number of hydrogen-bond donors (Lipinski definition) is 1. The van der Waals surface area contributed by atoms with Crippen LogP contribution < -0.4 is 5.32 Å². The van der Waals surface area contributed by atoms with Crippen molar-refractivity contribution in [2.24, 2.45) is 5.92 Å². The SMILES string of the molecule is CCCNC(CC(C)CC)C1CSc2ccccc21. The molecule has 1 heterocycles. The lowest BCUT2D eigenvalue weighted by molar-refractivity contribution is 0.360. The second kappa shape index (κ2) is 7.35. The maximum Gasteiger partial charge on any atom is 0.0147 e. The third-order valence-electron chi connectivity index (χ3n) is 4.23. The molecular weight excluding hydrogens is 250 g/mol. The quantitative estimate of drug-likeness (QED) is 0.776. The minimum atomic E-state index is 0.644. The Balaban J connectivity index is 2.10. The second-order valence-corrected chi connectivity index (χ2v) is 6.83. The summed E-state index contributed by atoms with van der Waals surface area (Å²) in [6, 6.07) is 9.61. The molecule has 0 amide bonds. The molecule has 0 radical (unpaired) electrons. The van der Waals surface area contributed by atoms with Crippen molar-refractivity contribution in [3.05, 3.63) is 29.8 Å². The molecule has 3 unspecified atom stereocenters. The van der Waals surface area contributed by atoms with Gasteiger partial charge in [0.1, 0.15) is 0 Å². The fourth-order valence-corrected chi connectivity index (χ4v) is 4.17. The lowest BCUT2D eigenvalue weighted by Gasteiger charge is -2.27. The average Bonchev–Trinajstić information content (AvgIpc) is 2.87. The van der Waals surface area contributed by atoms with E-state index < -0.39 is 0 Å². The zero-order chi connectivity index (χ0) is 13.7. The number of fused-ring (bicyclic) bond motifs is 1. The number of hydrogen-bond acceptors (Lipinski definition) is 2. The lowest BCUT2D eigenvalue weighted by atomic mass is 9.86. The van der Waals surface area contributed by atoms with E-state index in [9.17, 15) is 0 Å². The lowest BCUT2D eigenvalue weighted by Crippen LogP contribution is -2.37. The van der Waals surface area contributed by atoms with E-state index in [1.54, 1.807) is 5.56 Å². The molecule has 0 fully saturated rings. The van der Waals surface area contributed by atoms with Gasteiger partial charge in [0.15, 0.2) is 0 Å². The average molecular weight is 277 g/mol. The van der Waals surface area contributed by atoms with Gasteiger partial charge < -0.3 is 5.32 Å². The van der Waals surface area contributed by atoms with Gasteiger partial charge in [0.05, 0.1) is 0 Å². The minimum absolute atomic E-state index is 0.644. The molecule has 1 aromatic rings. The van der Waals surface area contributed by atoms with Crippen LogP contribution in [0.3, 0.4) is 0 Å². The summed E-state index contributed by atoms with van der Waals surface area (Å²) < 4.78 is 0. The van der Waals surface area contributed by atoms with E-state index in [4.69, 9.17) is 0 Å². The third-order valence-corrected chi connectivity index (χ3v) is 5.44. The molecule has 2 rings (SSSR count). The topological polar surface area (TPSA) is 12.0 Å². The Morgan fingerprint density at radius 3 is 2.84 bits per heavy atom. The summed E-state index contributed by atoms with van der Waals surface area (Å²) >= 11 is 2.03. The molecular formula is C17H27NS. The van der Waals surface area contributed by atoms with E-state index >= 15 is 0 Å². The largest absolute Gasteiger partial charge is 0.313 e. The molecule has 0 bridgehead atoms. The Bertz CT molecular complexity index is 391. The second-order valence-electron chi connectivity index (χ2n) is 5.77. The normalized spacial score (nSPS) is 21.1. The van der Waals surface area contributed by atoms with E-state index in [2.05, 4.69) is 50.4 Å². The first kappa shape index (κ1) is 14.9. The van der Waals surface area contributed by atoms with Crippen molar-refractivity contribution in [2.75, 3.05) is 12.3 Å². The van der Waals surface area contributed by atoms with Crippen LogP contribution in [-0.2, 0) is 0 Å². The molecule has 1 aromatic carbocycles. The fraction of sp³-hybridized carbons (Fsp3) is 0.647. The Kier molecular flexibility index (Phi) is 5.77. The molecule has 2 heteroatoms. The van der Waals surface area contributed by atoms with Crippen molar-refractivity contribution in [1.29, 1.82) is 0 Å². The van der Waals surface area contributed by atoms with Crippen LogP contribution in [0, 0.1) is 5.92 Å². The number of rotatable bonds is 7. The molecule has 0 aliphatic carbocycles. The van der Waals surface area contributed by atoms with Gasteiger partial charge in [0.2, 0.25) is 0 Å².